The maximum absolute atomic E-state index is 10.7. The van der Waals surface area contributed by atoms with Gasteiger partial charge in [0.2, 0.25) is 0 Å². The quantitative estimate of drug-likeness (QED) is 0.867. The predicted octanol–water partition coefficient (Wildman–Crippen LogP) is 1.59. The molecule has 0 aliphatic heterocycles. The molecule has 0 spiro atoms. The number of aryl methyl sites for hydroxylation is 1. The van der Waals surface area contributed by atoms with Crippen molar-refractivity contribution >= 4 is 5.97 Å². The Labute approximate surface area is 98.7 Å². The van der Waals surface area contributed by atoms with Crippen LogP contribution in [0.1, 0.15) is 12.6 Å². The van der Waals surface area contributed by atoms with Crippen molar-refractivity contribution in [2.45, 2.75) is 19.9 Å². The van der Waals surface area contributed by atoms with Gasteiger partial charge in [-0.3, -0.25) is 14.5 Å². The van der Waals surface area contributed by atoms with E-state index in [9.17, 15) is 4.79 Å². The second-order valence-corrected chi connectivity index (χ2v) is 3.66. The van der Waals surface area contributed by atoms with E-state index in [0.717, 1.165) is 23.4 Å². The molecule has 1 N–H and O–H groups in total. The van der Waals surface area contributed by atoms with E-state index >= 15 is 0 Å². The van der Waals surface area contributed by atoms with E-state index in [4.69, 9.17) is 5.11 Å². The molecule has 0 bridgehead atoms. The topological polar surface area (TPSA) is 68.0 Å². The normalized spacial score (nSPS) is 10.4. The van der Waals surface area contributed by atoms with Gasteiger partial charge >= 0.3 is 5.97 Å². The van der Waals surface area contributed by atoms with Gasteiger partial charge in [-0.1, -0.05) is 6.92 Å². The maximum atomic E-state index is 10.7. The van der Waals surface area contributed by atoms with Crippen LogP contribution in [-0.4, -0.2) is 25.8 Å². The smallest absolute Gasteiger partial charge is 0.325 e. The standard InChI is InChI=1S/C12H13N3O2/c1-2-10-7-11(9-3-5-13-6-4-9)14-15(10)8-12(16)17/h3-7H,2,8H2,1H3,(H,16,17). The molecule has 0 radical (unpaired) electrons. The zero-order valence-electron chi connectivity index (χ0n) is 9.50. The van der Waals surface area contributed by atoms with Gasteiger partial charge in [-0.15, -0.1) is 0 Å². The number of aromatic nitrogens is 3. The second-order valence-electron chi connectivity index (χ2n) is 3.66. The van der Waals surface area contributed by atoms with Crippen molar-refractivity contribution in [3.05, 3.63) is 36.3 Å². The Morgan fingerprint density at radius 2 is 2.12 bits per heavy atom. The van der Waals surface area contributed by atoms with Crippen LogP contribution in [0, 0.1) is 0 Å². The summed E-state index contributed by atoms with van der Waals surface area (Å²) in [6.45, 7) is 1.87. The number of nitrogens with zero attached hydrogens (tertiary/aromatic N) is 3. The minimum Gasteiger partial charge on any atom is -0.480 e. The molecule has 0 aliphatic rings. The van der Waals surface area contributed by atoms with E-state index in [2.05, 4.69) is 10.1 Å². The van der Waals surface area contributed by atoms with Crippen LogP contribution in [0.2, 0.25) is 0 Å². The lowest BCUT2D eigenvalue weighted by Crippen LogP contribution is -2.12. The molecule has 0 amide bonds. The molecule has 0 unspecified atom stereocenters. The molecule has 2 rings (SSSR count). The number of carbonyl (C=O) groups is 1. The Balaban J connectivity index is 2.37. The molecule has 5 heteroatoms. The molecule has 0 aromatic carbocycles. The van der Waals surface area contributed by atoms with E-state index in [1.807, 2.05) is 25.1 Å². The van der Waals surface area contributed by atoms with E-state index < -0.39 is 5.97 Å². The molecule has 2 aromatic rings. The van der Waals surface area contributed by atoms with Crippen LogP contribution in [0.15, 0.2) is 30.6 Å². The van der Waals surface area contributed by atoms with Gasteiger partial charge in [-0.2, -0.15) is 5.10 Å². The van der Waals surface area contributed by atoms with Crippen LogP contribution in [0.5, 0.6) is 0 Å². The first-order chi connectivity index (χ1) is 8.20. The van der Waals surface area contributed by atoms with Gasteiger partial charge in [0.05, 0.1) is 5.69 Å². The Bertz CT molecular complexity index is 520. The highest BCUT2D eigenvalue weighted by Gasteiger charge is 2.10. The lowest BCUT2D eigenvalue weighted by atomic mass is 10.2. The van der Waals surface area contributed by atoms with Crippen molar-refractivity contribution in [1.29, 1.82) is 0 Å². The molecule has 0 atom stereocenters. The first kappa shape index (κ1) is 11.3. The lowest BCUT2D eigenvalue weighted by molar-refractivity contribution is -0.137. The number of hydrogen-bond acceptors (Lipinski definition) is 3. The molecule has 0 fully saturated rings. The third-order valence-electron chi connectivity index (χ3n) is 2.49. The van der Waals surface area contributed by atoms with Gasteiger partial charge < -0.3 is 5.11 Å². The van der Waals surface area contributed by atoms with E-state index in [0.29, 0.717) is 0 Å². The van der Waals surface area contributed by atoms with Crippen molar-refractivity contribution in [2.75, 3.05) is 0 Å². The number of carboxylic acids is 1. The third-order valence-corrected chi connectivity index (χ3v) is 2.49. The van der Waals surface area contributed by atoms with Crippen LogP contribution < -0.4 is 0 Å². The monoisotopic (exact) mass is 231 g/mol. The van der Waals surface area contributed by atoms with Crippen molar-refractivity contribution in [3.63, 3.8) is 0 Å². The first-order valence-electron chi connectivity index (χ1n) is 5.39. The third kappa shape index (κ3) is 2.50. The molecule has 17 heavy (non-hydrogen) atoms. The zero-order chi connectivity index (χ0) is 12.3. The number of carboxylic acid groups (broad SMARTS) is 1. The number of hydrogen-bond donors (Lipinski definition) is 1. The largest absolute Gasteiger partial charge is 0.480 e. The zero-order valence-corrected chi connectivity index (χ0v) is 9.50. The maximum Gasteiger partial charge on any atom is 0.325 e. The van der Waals surface area contributed by atoms with E-state index in [-0.39, 0.29) is 6.54 Å². The van der Waals surface area contributed by atoms with Crippen LogP contribution >= 0.6 is 0 Å². The molecule has 5 nitrogen and oxygen atoms in total. The van der Waals surface area contributed by atoms with Crippen LogP contribution in [0.3, 0.4) is 0 Å². The van der Waals surface area contributed by atoms with Crippen LogP contribution in [0.4, 0.5) is 0 Å². The minimum absolute atomic E-state index is 0.103. The van der Waals surface area contributed by atoms with Gasteiger partial charge in [0.25, 0.3) is 0 Å². The van der Waals surface area contributed by atoms with Gasteiger partial charge in [0, 0.05) is 23.7 Å². The summed E-state index contributed by atoms with van der Waals surface area (Å²) in [6, 6.07) is 5.62. The van der Waals surface area contributed by atoms with Crippen molar-refractivity contribution in [1.82, 2.24) is 14.8 Å². The highest BCUT2D eigenvalue weighted by Crippen LogP contribution is 2.18. The Morgan fingerprint density at radius 1 is 1.41 bits per heavy atom. The molecular weight excluding hydrogens is 218 g/mol. The van der Waals surface area contributed by atoms with Crippen LogP contribution in [-0.2, 0) is 17.8 Å². The fraction of sp³-hybridized carbons (Fsp3) is 0.250. The van der Waals surface area contributed by atoms with Crippen molar-refractivity contribution in [3.8, 4) is 11.3 Å². The van der Waals surface area contributed by atoms with E-state index in [1.54, 1.807) is 12.4 Å². The minimum atomic E-state index is -0.885. The summed E-state index contributed by atoms with van der Waals surface area (Å²) in [7, 11) is 0. The highest BCUT2D eigenvalue weighted by molar-refractivity contribution is 5.67. The fourth-order valence-corrected chi connectivity index (χ4v) is 1.67. The number of rotatable bonds is 4. The van der Waals surface area contributed by atoms with Gasteiger partial charge in [0.1, 0.15) is 6.54 Å². The summed E-state index contributed by atoms with van der Waals surface area (Å²) in [5.41, 5.74) is 2.64. The van der Waals surface area contributed by atoms with Gasteiger partial charge in [0.15, 0.2) is 0 Å². The Hall–Kier alpha value is -2.17. The van der Waals surface area contributed by atoms with E-state index in [1.165, 1.54) is 4.68 Å². The average molecular weight is 231 g/mol. The summed E-state index contributed by atoms with van der Waals surface area (Å²) >= 11 is 0. The molecule has 88 valence electrons. The first-order valence-corrected chi connectivity index (χ1v) is 5.39. The summed E-state index contributed by atoms with van der Waals surface area (Å²) < 4.78 is 1.53. The predicted molar refractivity (Wildman–Crippen MR) is 62.5 cm³/mol. The summed E-state index contributed by atoms with van der Waals surface area (Å²) in [4.78, 5) is 14.7. The molecule has 0 saturated carbocycles. The fourth-order valence-electron chi connectivity index (χ4n) is 1.67. The SMILES string of the molecule is CCc1cc(-c2ccncc2)nn1CC(=O)O. The molecular formula is C12H13N3O2. The summed E-state index contributed by atoms with van der Waals surface area (Å²) in [5, 5.41) is 13.1. The van der Waals surface area contributed by atoms with Crippen molar-refractivity contribution in [2.24, 2.45) is 0 Å². The number of pyridine rings is 1. The highest BCUT2D eigenvalue weighted by atomic mass is 16.4. The van der Waals surface area contributed by atoms with Crippen molar-refractivity contribution < 1.29 is 9.90 Å². The average Bonchev–Trinajstić information content (AvgIpc) is 2.72. The Kier molecular flexibility index (Phi) is 3.18. The number of aliphatic carboxylic acids is 1. The Morgan fingerprint density at radius 3 is 2.71 bits per heavy atom. The summed E-state index contributed by atoms with van der Waals surface area (Å²) in [5.74, 6) is -0.885. The lowest BCUT2D eigenvalue weighted by Gasteiger charge is -2.00. The molecule has 2 heterocycles. The molecule has 0 aliphatic carbocycles. The second kappa shape index (κ2) is 4.78. The summed E-state index contributed by atoms with van der Waals surface area (Å²) in [6.07, 6.45) is 4.14. The van der Waals surface area contributed by atoms with Crippen LogP contribution in [0.25, 0.3) is 11.3 Å². The molecule has 2 aromatic heterocycles. The molecule has 0 saturated heterocycles. The van der Waals surface area contributed by atoms with Gasteiger partial charge in [-0.05, 0) is 24.6 Å². The van der Waals surface area contributed by atoms with Gasteiger partial charge in [-0.25, -0.2) is 0 Å².